The van der Waals surface area contributed by atoms with Crippen LogP contribution in [-0.4, -0.2) is 35.2 Å². The van der Waals surface area contributed by atoms with Gasteiger partial charge in [-0.1, -0.05) is 39.5 Å². The molecular weight excluding hydrogens is 174 g/mol. The molecule has 0 radical (unpaired) electrons. The van der Waals surface area contributed by atoms with Crippen molar-refractivity contribution >= 4 is 0 Å². The molecule has 1 N–H and O–H groups in total. The van der Waals surface area contributed by atoms with Crippen LogP contribution < -0.4 is 0 Å². The molecule has 82 valence electrons. The van der Waals surface area contributed by atoms with Gasteiger partial charge in [-0.3, -0.25) is 4.90 Å². The van der Waals surface area contributed by atoms with Gasteiger partial charge >= 0.3 is 0 Å². The summed E-state index contributed by atoms with van der Waals surface area (Å²) >= 11 is 0. The molecule has 2 nitrogen and oxygen atoms in total. The standard InChI is InChI=1S/C12H23NO/c1-6-13(7-2)10-8-9-12(5,14)11(3)4/h11,14H,6-7,10H2,1-5H3/t12-/m0/s1. The lowest BCUT2D eigenvalue weighted by molar-refractivity contribution is 0.0725. The lowest BCUT2D eigenvalue weighted by Crippen LogP contribution is -2.29. The second kappa shape index (κ2) is 6.06. The van der Waals surface area contributed by atoms with E-state index in [1.807, 2.05) is 13.8 Å². The number of hydrogen-bond donors (Lipinski definition) is 1. The molecule has 0 aliphatic carbocycles. The summed E-state index contributed by atoms with van der Waals surface area (Å²) in [6, 6.07) is 0. The van der Waals surface area contributed by atoms with Crippen molar-refractivity contribution in [2.45, 2.75) is 40.2 Å². The van der Waals surface area contributed by atoms with Crippen LogP contribution >= 0.6 is 0 Å². The zero-order valence-corrected chi connectivity index (χ0v) is 10.1. The van der Waals surface area contributed by atoms with Gasteiger partial charge in [0.05, 0.1) is 6.54 Å². The van der Waals surface area contributed by atoms with E-state index in [0.29, 0.717) is 0 Å². The van der Waals surface area contributed by atoms with Gasteiger partial charge in [-0.25, -0.2) is 0 Å². The summed E-state index contributed by atoms with van der Waals surface area (Å²) in [7, 11) is 0. The minimum atomic E-state index is -0.854. The molecule has 0 aliphatic rings. The number of rotatable bonds is 4. The average Bonchev–Trinajstić information content (AvgIpc) is 2.12. The van der Waals surface area contributed by atoms with Crippen LogP contribution in [0.15, 0.2) is 0 Å². The van der Waals surface area contributed by atoms with Gasteiger partial charge in [-0.15, -0.1) is 0 Å². The summed E-state index contributed by atoms with van der Waals surface area (Å²) in [5.41, 5.74) is -0.854. The monoisotopic (exact) mass is 197 g/mol. The molecular formula is C12H23NO. The predicted octanol–water partition coefficient (Wildman–Crippen LogP) is 1.74. The Labute approximate surface area is 88.3 Å². The van der Waals surface area contributed by atoms with Gasteiger partial charge in [0.25, 0.3) is 0 Å². The molecule has 0 aromatic carbocycles. The van der Waals surface area contributed by atoms with Crippen molar-refractivity contribution in [2.75, 3.05) is 19.6 Å². The maximum absolute atomic E-state index is 9.86. The molecule has 2 heteroatoms. The molecule has 0 fully saturated rings. The second-order valence-corrected chi connectivity index (χ2v) is 4.07. The van der Waals surface area contributed by atoms with Crippen molar-refractivity contribution in [3.05, 3.63) is 0 Å². The van der Waals surface area contributed by atoms with Crippen molar-refractivity contribution in [3.63, 3.8) is 0 Å². The largest absolute Gasteiger partial charge is 0.378 e. The molecule has 0 rings (SSSR count). The second-order valence-electron chi connectivity index (χ2n) is 4.07. The third-order valence-corrected chi connectivity index (χ3v) is 2.66. The molecule has 0 spiro atoms. The highest BCUT2D eigenvalue weighted by Gasteiger charge is 2.21. The zero-order chi connectivity index (χ0) is 11.2. The van der Waals surface area contributed by atoms with Crippen LogP contribution in [0.1, 0.15) is 34.6 Å². The minimum absolute atomic E-state index is 0.173. The molecule has 0 unspecified atom stereocenters. The topological polar surface area (TPSA) is 23.5 Å². The Morgan fingerprint density at radius 3 is 2.14 bits per heavy atom. The molecule has 0 aromatic rings. The summed E-state index contributed by atoms with van der Waals surface area (Å²) in [6.07, 6.45) is 0. The van der Waals surface area contributed by atoms with Crippen molar-refractivity contribution < 1.29 is 5.11 Å². The van der Waals surface area contributed by atoms with Gasteiger partial charge in [-0.2, -0.15) is 0 Å². The van der Waals surface area contributed by atoms with Crippen LogP contribution in [0.5, 0.6) is 0 Å². The first kappa shape index (κ1) is 13.5. The predicted molar refractivity (Wildman–Crippen MR) is 61.0 cm³/mol. The maximum atomic E-state index is 9.86. The lowest BCUT2D eigenvalue weighted by atomic mass is 9.93. The third-order valence-electron chi connectivity index (χ3n) is 2.66. The SMILES string of the molecule is CCN(CC)CC#C[C@](C)(O)C(C)C. The molecule has 0 aromatic heterocycles. The first-order valence-electron chi connectivity index (χ1n) is 5.38. The summed E-state index contributed by atoms with van der Waals surface area (Å²) in [6.45, 7) is 12.7. The van der Waals surface area contributed by atoms with Crippen LogP contribution in [0.4, 0.5) is 0 Å². The normalized spacial score (nSPS) is 15.1. The Kier molecular flexibility index (Phi) is 5.83. The van der Waals surface area contributed by atoms with E-state index >= 15 is 0 Å². The molecule has 1 atom stereocenters. The van der Waals surface area contributed by atoms with E-state index in [-0.39, 0.29) is 5.92 Å². The first-order valence-corrected chi connectivity index (χ1v) is 5.38. The van der Waals surface area contributed by atoms with Crippen LogP contribution in [0.25, 0.3) is 0 Å². The fraction of sp³-hybridized carbons (Fsp3) is 0.833. The Bertz CT molecular complexity index is 206. The molecule has 14 heavy (non-hydrogen) atoms. The van der Waals surface area contributed by atoms with Crippen LogP contribution in [-0.2, 0) is 0 Å². The minimum Gasteiger partial charge on any atom is -0.378 e. The molecule has 0 heterocycles. The highest BCUT2D eigenvalue weighted by atomic mass is 16.3. The molecule has 0 saturated carbocycles. The van der Waals surface area contributed by atoms with Gasteiger partial charge < -0.3 is 5.11 Å². The van der Waals surface area contributed by atoms with E-state index in [0.717, 1.165) is 19.6 Å². The van der Waals surface area contributed by atoms with Crippen molar-refractivity contribution in [1.82, 2.24) is 4.90 Å². The summed E-state index contributed by atoms with van der Waals surface area (Å²) in [4.78, 5) is 2.23. The quantitative estimate of drug-likeness (QED) is 0.694. The molecule has 0 saturated heterocycles. The van der Waals surface area contributed by atoms with E-state index in [1.54, 1.807) is 6.92 Å². The van der Waals surface area contributed by atoms with Gasteiger partial charge in [-0.05, 0) is 25.9 Å². The lowest BCUT2D eigenvalue weighted by Gasteiger charge is -2.21. The van der Waals surface area contributed by atoms with E-state index < -0.39 is 5.60 Å². The van der Waals surface area contributed by atoms with Gasteiger partial charge in [0, 0.05) is 0 Å². The van der Waals surface area contributed by atoms with Gasteiger partial charge in [0.2, 0.25) is 0 Å². The summed E-state index contributed by atoms with van der Waals surface area (Å²) in [5, 5.41) is 9.86. The van der Waals surface area contributed by atoms with E-state index in [2.05, 4.69) is 30.6 Å². The molecule has 0 aliphatic heterocycles. The van der Waals surface area contributed by atoms with Crippen molar-refractivity contribution in [1.29, 1.82) is 0 Å². The van der Waals surface area contributed by atoms with Crippen LogP contribution in [0.2, 0.25) is 0 Å². The Morgan fingerprint density at radius 2 is 1.79 bits per heavy atom. The Hall–Kier alpha value is -0.520. The Morgan fingerprint density at radius 1 is 1.29 bits per heavy atom. The highest BCUT2D eigenvalue weighted by molar-refractivity contribution is 5.14. The van der Waals surface area contributed by atoms with Crippen LogP contribution in [0.3, 0.4) is 0 Å². The number of nitrogens with zero attached hydrogens (tertiary/aromatic N) is 1. The summed E-state index contributed by atoms with van der Waals surface area (Å²) < 4.78 is 0. The smallest absolute Gasteiger partial charge is 0.125 e. The Balaban J connectivity index is 4.16. The fourth-order valence-electron chi connectivity index (χ4n) is 0.922. The van der Waals surface area contributed by atoms with E-state index in [9.17, 15) is 5.11 Å². The molecule has 0 amide bonds. The number of aliphatic hydroxyl groups is 1. The highest BCUT2D eigenvalue weighted by Crippen LogP contribution is 2.13. The number of hydrogen-bond acceptors (Lipinski definition) is 2. The van der Waals surface area contributed by atoms with E-state index in [4.69, 9.17) is 0 Å². The molecule has 0 bridgehead atoms. The fourth-order valence-corrected chi connectivity index (χ4v) is 0.922. The summed E-state index contributed by atoms with van der Waals surface area (Å²) in [5.74, 6) is 6.13. The van der Waals surface area contributed by atoms with Crippen molar-refractivity contribution in [3.8, 4) is 11.8 Å². The third kappa shape index (κ3) is 4.64. The van der Waals surface area contributed by atoms with Crippen molar-refractivity contribution in [2.24, 2.45) is 5.92 Å². The maximum Gasteiger partial charge on any atom is 0.125 e. The van der Waals surface area contributed by atoms with Gasteiger partial charge in [0.15, 0.2) is 0 Å². The zero-order valence-electron chi connectivity index (χ0n) is 10.1. The van der Waals surface area contributed by atoms with Gasteiger partial charge in [0.1, 0.15) is 5.60 Å². The first-order chi connectivity index (χ1) is 6.44. The van der Waals surface area contributed by atoms with Crippen LogP contribution in [0, 0.1) is 17.8 Å². The average molecular weight is 197 g/mol. The van der Waals surface area contributed by atoms with E-state index in [1.165, 1.54) is 0 Å².